The van der Waals surface area contributed by atoms with Crippen LogP contribution in [-0.2, 0) is 4.79 Å². The highest BCUT2D eigenvalue weighted by Crippen LogP contribution is 2.17. The van der Waals surface area contributed by atoms with Gasteiger partial charge in [0.2, 0.25) is 5.91 Å². The van der Waals surface area contributed by atoms with E-state index in [0.717, 1.165) is 5.75 Å². The number of hydrogen-bond donors (Lipinski definition) is 1. The molecule has 94 valence electrons. The summed E-state index contributed by atoms with van der Waals surface area (Å²) in [6.45, 7) is 6.28. The molecule has 0 aliphatic carbocycles. The Bertz CT molecular complexity index is 337. The van der Waals surface area contributed by atoms with Gasteiger partial charge in [0.1, 0.15) is 0 Å². The molecule has 0 aliphatic rings. The van der Waals surface area contributed by atoms with E-state index in [2.05, 4.69) is 31.3 Å². The Morgan fingerprint density at radius 2 is 1.88 bits per heavy atom. The molecule has 0 fully saturated rings. The molecule has 0 aliphatic heterocycles. The van der Waals surface area contributed by atoms with Gasteiger partial charge in [-0.2, -0.15) is 0 Å². The van der Waals surface area contributed by atoms with Crippen LogP contribution in [-0.4, -0.2) is 17.7 Å². The van der Waals surface area contributed by atoms with Crippen molar-refractivity contribution in [1.29, 1.82) is 0 Å². The Balaban J connectivity index is 2.21. The summed E-state index contributed by atoms with van der Waals surface area (Å²) in [6.07, 6.45) is 0.580. The fourth-order valence-corrected chi connectivity index (χ4v) is 2.14. The van der Waals surface area contributed by atoms with E-state index in [9.17, 15) is 4.79 Å². The van der Waals surface area contributed by atoms with Gasteiger partial charge in [0.05, 0.1) is 0 Å². The summed E-state index contributed by atoms with van der Waals surface area (Å²) in [6, 6.07) is 10.4. The van der Waals surface area contributed by atoms with Gasteiger partial charge in [-0.15, -0.1) is 11.8 Å². The summed E-state index contributed by atoms with van der Waals surface area (Å²) in [5.41, 5.74) is 0. The minimum atomic E-state index is 0.148. The topological polar surface area (TPSA) is 29.1 Å². The zero-order valence-corrected chi connectivity index (χ0v) is 11.6. The van der Waals surface area contributed by atoms with E-state index < -0.39 is 0 Å². The van der Waals surface area contributed by atoms with Crippen molar-refractivity contribution in [2.24, 2.45) is 5.92 Å². The number of thioether (sulfide) groups is 1. The third-order valence-corrected chi connectivity index (χ3v) is 3.74. The highest BCUT2D eigenvalue weighted by atomic mass is 32.2. The largest absolute Gasteiger partial charge is 0.353 e. The van der Waals surface area contributed by atoms with Crippen LogP contribution in [0.4, 0.5) is 0 Å². The maximum atomic E-state index is 11.6. The molecule has 0 heterocycles. The number of benzene rings is 1. The molecule has 0 radical (unpaired) electrons. The van der Waals surface area contributed by atoms with Gasteiger partial charge < -0.3 is 5.32 Å². The summed E-state index contributed by atoms with van der Waals surface area (Å²) in [5.74, 6) is 1.47. The first-order valence-corrected chi connectivity index (χ1v) is 7.05. The Morgan fingerprint density at radius 1 is 1.24 bits per heavy atom. The van der Waals surface area contributed by atoms with Crippen LogP contribution in [0.15, 0.2) is 35.2 Å². The minimum Gasteiger partial charge on any atom is -0.353 e. The van der Waals surface area contributed by atoms with Gasteiger partial charge in [-0.1, -0.05) is 32.0 Å². The van der Waals surface area contributed by atoms with Crippen molar-refractivity contribution in [3.05, 3.63) is 30.3 Å². The molecular formula is C14H21NOS. The molecule has 0 aromatic heterocycles. The van der Waals surface area contributed by atoms with Crippen molar-refractivity contribution in [3.63, 3.8) is 0 Å². The van der Waals surface area contributed by atoms with E-state index in [1.807, 2.05) is 25.1 Å². The SMILES string of the molecule is CC(C)[C@H](C)NC(=O)CCSc1ccccc1. The Hall–Kier alpha value is -0.960. The van der Waals surface area contributed by atoms with Crippen LogP contribution in [0.5, 0.6) is 0 Å². The zero-order valence-electron chi connectivity index (χ0n) is 10.8. The van der Waals surface area contributed by atoms with Crippen LogP contribution >= 0.6 is 11.8 Å². The number of carbonyl (C=O) groups is 1. The monoisotopic (exact) mass is 251 g/mol. The molecule has 1 aromatic carbocycles. The van der Waals surface area contributed by atoms with Gasteiger partial charge in [0, 0.05) is 23.1 Å². The number of nitrogens with one attached hydrogen (secondary N) is 1. The lowest BCUT2D eigenvalue weighted by Crippen LogP contribution is -2.36. The van der Waals surface area contributed by atoms with Crippen LogP contribution in [0.2, 0.25) is 0 Å². The van der Waals surface area contributed by atoms with E-state index in [1.54, 1.807) is 11.8 Å². The van der Waals surface area contributed by atoms with E-state index in [1.165, 1.54) is 4.90 Å². The van der Waals surface area contributed by atoms with Crippen LogP contribution in [0.3, 0.4) is 0 Å². The second kappa shape index (κ2) is 7.38. The first-order chi connectivity index (χ1) is 8.09. The molecule has 0 unspecified atom stereocenters. The summed E-state index contributed by atoms with van der Waals surface area (Å²) in [5, 5.41) is 3.01. The number of rotatable bonds is 6. The summed E-state index contributed by atoms with van der Waals surface area (Å²) >= 11 is 1.72. The third-order valence-electron chi connectivity index (χ3n) is 2.73. The maximum Gasteiger partial charge on any atom is 0.221 e. The van der Waals surface area contributed by atoms with Crippen molar-refractivity contribution >= 4 is 17.7 Å². The lowest BCUT2D eigenvalue weighted by molar-refractivity contribution is -0.121. The fourth-order valence-electron chi connectivity index (χ4n) is 1.27. The fraction of sp³-hybridized carbons (Fsp3) is 0.500. The zero-order chi connectivity index (χ0) is 12.7. The number of carbonyl (C=O) groups excluding carboxylic acids is 1. The molecule has 0 bridgehead atoms. The molecule has 1 atom stereocenters. The first kappa shape index (κ1) is 14.1. The molecule has 1 amide bonds. The lowest BCUT2D eigenvalue weighted by Gasteiger charge is -2.17. The van der Waals surface area contributed by atoms with Crippen molar-refractivity contribution in [2.45, 2.75) is 38.1 Å². The van der Waals surface area contributed by atoms with E-state index >= 15 is 0 Å². The van der Waals surface area contributed by atoms with Crippen LogP contribution < -0.4 is 5.32 Å². The molecule has 1 aromatic rings. The first-order valence-electron chi connectivity index (χ1n) is 6.07. The van der Waals surface area contributed by atoms with Gasteiger partial charge in [-0.3, -0.25) is 4.79 Å². The van der Waals surface area contributed by atoms with Gasteiger partial charge in [-0.25, -0.2) is 0 Å². The quantitative estimate of drug-likeness (QED) is 0.786. The average molecular weight is 251 g/mol. The van der Waals surface area contributed by atoms with E-state index in [4.69, 9.17) is 0 Å². The number of hydrogen-bond acceptors (Lipinski definition) is 2. The summed E-state index contributed by atoms with van der Waals surface area (Å²) in [7, 11) is 0. The number of amides is 1. The van der Waals surface area contributed by atoms with Crippen LogP contribution in [0.1, 0.15) is 27.2 Å². The molecular weight excluding hydrogens is 230 g/mol. The normalized spacial score (nSPS) is 12.5. The van der Waals surface area contributed by atoms with Crippen LogP contribution in [0.25, 0.3) is 0 Å². The highest BCUT2D eigenvalue weighted by molar-refractivity contribution is 7.99. The lowest BCUT2D eigenvalue weighted by atomic mass is 10.1. The standard InChI is InChI=1S/C14H21NOS/c1-11(2)12(3)15-14(16)9-10-17-13-7-5-4-6-8-13/h4-8,11-12H,9-10H2,1-3H3,(H,15,16)/t12-/m0/s1. The van der Waals surface area contributed by atoms with Gasteiger partial charge in [0.15, 0.2) is 0 Å². The summed E-state index contributed by atoms with van der Waals surface area (Å²) in [4.78, 5) is 12.8. The van der Waals surface area contributed by atoms with Gasteiger partial charge in [0.25, 0.3) is 0 Å². The molecule has 17 heavy (non-hydrogen) atoms. The van der Waals surface area contributed by atoms with Crippen molar-refractivity contribution in [1.82, 2.24) is 5.32 Å². The molecule has 2 nitrogen and oxygen atoms in total. The van der Waals surface area contributed by atoms with Crippen molar-refractivity contribution in [3.8, 4) is 0 Å². The second-order valence-electron chi connectivity index (χ2n) is 4.51. The predicted octanol–water partition coefficient (Wildman–Crippen LogP) is 3.33. The maximum absolute atomic E-state index is 11.6. The van der Waals surface area contributed by atoms with E-state index in [-0.39, 0.29) is 11.9 Å². The van der Waals surface area contributed by atoms with E-state index in [0.29, 0.717) is 12.3 Å². The molecule has 1 N–H and O–H groups in total. The molecule has 0 spiro atoms. The Kier molecular flexibility index (Phi) is 6.12. The predicted molar refractivity (Wildman–Crippen MR) is 74.2 cm³/mol. The Labute approximate surface area is 108 Å². The molecule has 1 rings (SSSR count). The Morgan fingerprint density at radius 3 is 2.47 bits per heavy atom. The van der Waals surface area contributed by atoms with Gasteiger partial charge >= 0.3 is 0 Å². The van der Waals surface area contributed by atoms with Gasteiger partial charge in [-0.05, 0) is 25.0 Å². The van der Waals surface area contributed by atoms with Crippen molar-refractivity contribution in [2.75, 3.05) is 5.75 Å². The third kappa shape index (κ3) is 5.78. The van der Waals surface area contributed by atoms with Crippen LogP contribution in [0, 0.1) is 5.92 Å². The highest BCUT2D eigenvalue weighted by Gasteiger charge is 2.10. The smallest absolute Gasteiger partial charge is 0.221 e. The molecule has 0 saturated heterocycles. The minimum absolute atomic E-state index is 0.148. The molecule has 3 heteroatoms. The second-order valence-corrected chi connectivity index (χ2v) is 5.68. The molecule has 0 saturated carbocycles. The average Bonchev–Trinajstić information content (AvgIpc) is 2.30. The van der Waals surface area contributed by atoms with Crippen molar-refractivity contribution < 1.29 is 4.79 Å². The summed E-state index contributed by atoms with van der Waals surface area (Å²) < 4.78 is 0.